The van der Waals surface area contributed by atoms with Gasteiger partial charge in [0.15, 0.2) is 0 Å². The van der Waals surface area contributed by atoms with Crippen LogP contribution in [0.5, 0.6) is 5.75 Å². The number of anilines is 1. The van der Waals surface area contributed by atoms with Crippen LogP contribution in [-0.4, -0.2) is 50.3 Å². The summed E-state index contributed by atoms with van der Waals surface area (Å²) < 4.78 is 5.65. The van der Waals surface area contributed by atoms with Gasteiger partial charge in [0.1, 0.15) is 12.4 Å². The van der Waals surface area contributed by atoms with Crippen molar-refractivity contribution in [3.05, 3.63) is 23.8 Å². The summed E-state index contributed by atoms with van der Waals surface area (Å²) in [6.07, 6.45) is 3.46. The topological polar surface area (TPSA) is 36.5 Å². The summed E-state index contributed by atoms with van der Waals surface area (Å²) in [7, 11) is 0. The molecule has 2 rings (SSSR count). The molecule has 0 saturated carbocycles. The van der Waals surface area contributed by atoms with Crippen LogP contribution in [0.4, 0.5) is 5.69 Å². The summed E-state index contributed by atoms with van der Waals surface area (Å²) in [6, 6.07) is 7.10. The van der Waals surface area contributed by atoms with E-state index in [1.54, 1.807) is 0 Å². The van der Waals surface area contributed by atoms with E-state index in [0.29, 0.717) is 6.04 Å². The fraction of sp³-hybridized carbons (Fsp3) is 0.684. The van der Waals surface area contributed by atoms with Crippen molar-refractivity contribution >= 4 is 5.69 Å². The molecule has 1 aliphatic rings. The Morgan fingerprint density at radius 3 is 2.83 bits per heavy atom. The molecule has 0 saturated heterocycles. The number of nitrogens with zero attached hydrogens (tertiary/aromatic N) is 1. The van der Waals surface area contributed by atoms with Gasteiger partial charge in [-0.1, -0.05) is 26.8 Å². The van der Waals surface area contributed by atoms with Gasteiger partial charge < -0.3 is 20.3 Å². The second kappa shape index (κ2) is 9.78. The van der Waals surface area contributed by atoms with E-state index < -0.39 is 0 Å². The first kappa shape index (κ1) is 18.1. The smallest absolute Gasteiger partial charge is 0.142 e. The molecule has 0 bridgehead atoms. The Labute approximate surface area is 141 Å². The van der Waals surface area contributed by atoms with Gasteiger partial charge in [-0.25, -0.2) is 0 Å². The lowest BCUT2D eigenvalue weighted by atomic mass is 10.0. The van der Waals surface area contributed by atoms with Gasteiger partial charge in [0.2, 0.25) is 0 Å². The molecule has 0 fully saturated rings. The summed E-state index contributed by atoms with van der Waals surface area (Å²) in [5.41, 5.74) is 2.52. The SMILES string of the molecule is CCC(Cc1ccc2c(c1)NCCO2)NCCCN(CC)CC. The normalized spacial score (nSPS) is 15.0. The zero-order valence-electron chi connectivity index (χ0n) is 15.0. The first-order valence-corrected chi connectivity index (χ1v) is 9.22. The van der Waals surface area contributed by atoms with E-state index in [1.165, 1.54) is 18.5 Å². The van der Waals surface area contributed by atoms with Crippen molar-refractivity contribution in [2.24, 2.45) is 0 Å². The van der Waals surface area contributed by atoms with E-state index >= 15 is 0 Å². The molecule has 2 N–H and O–H groups in total. The zero-order chi connectivity index (χ0) is 16.5. The number of fused-ring (bicyclic) bond motifs is 1. The molecule has 130 valence electrons. The van der Waals surface area contributed by atoms with E-state index in [4.69, 9.17) is 4.74 Å². The van der Waals surface area contributed by atoms with Crippen molar-refractivity contribution in [3.8, 4) is 5.75 Å². The minimum Gasteiger partial charge on any atom is -0.490 e. The summed E-state index contributed by atoms with van der Waals surface area (Å²) in [6.45, 7) is 13.0. The Morgan fingerprint density at radius 1 is 1.26 bits per heavy atom. The highest BCUT2D eigenvalue weighted by Crippen LogP contribution is 2.28. The van der Waals surface area contributed by atoms with Crippen LogP contribution in [-0.2, 0) is 6.42 Å². The van der Waals surface area contributed by atoms with Crippen LogP contribution >= 0.6 is 0 Å². The molecule has 0 aromatic heterocycles. The van der Waals surface area contributed by atoms with Crippen LogP contribution in [0, 0.1) is 0 Å². The number of hydrogen-bond donors (Lipinski definition) is 2. The van der Waals surface area contributed by atoms with Gasteiger partial charge in [0.05, 0.1) is 5.69 Å². The minimum absolute atomic E-state index is 0.550. The van der Waals surface area contributed by atoms with Gasteiger partial charge in [-0.15, -0.1) is 0 Å². The highest BCUT2D eigenvalue weighted by molar-refractivity contribution is 5.59. The van der Waals surface area contributed by atoms with Crippen LogP contribution in [0.3, 0.4) is 0 Å². The van der Waals surface area contributed by atoms with Gasteiger partial charge in [-0.05, 0) is 63.1 Å². The molecule has 0 amide bonds. The average molecular weight is 319 g/mol. The molecule has 1 aromatic carbocycles. The molecule has 1 aliphatic heterocycles. The first-order valence-electron chi connectivity index (χ1n) is 9.22. The van der Waals surface area contributed by atoms with Gasteiger partial charge in [-0.3, -0.25) is 0 Å². The van der Waals surface area contributed by atoms with Gasteiger partial charge >= 0.3 is 0 Å². The van der Waals surface area contributed by atoms with Crippen molar-refractivity contribution in [2.45, 2.75) is 46.1 Å². The molecule has 4 nitrogen and oxygen atoms in total. The number of hydrogen-bond acceptors (Lipinski definition) is 4. The molecular weight excluding hydrogens is 286 g/mol. The predicted octanol–water partition coefficient (Wildman–Crippen LogP) is 3.13. The van der Waals surface area contributed by atoms with Gasteiger partial charge in [0, 0.05) is 12.6 Å². The van der Waals surface area contributed by atoms with Crippen LogP contribution in [0.25, 0.3) is 0 Å². The molecule has 1 heterocycles. The van der Waals surface area contributed by atoms with Crippen molar-refractivity contribution < 1.29 is 4.74 Å². The fourth-order valence-corrected chi connectivity index (χ4v) is 3.11. The van der Waals surface area contributed by atoms with Crippen molar-refractivity contribution in [3.63, 3.8) is 0 Å². The van der Waals surface area contributed by atoms with Crippen molar-refractivity contribution in [1.82, 2.24) is 10.2 Å². The Kier molecular flexibility index (Phi) is 7.69. The largest absolute Gasteiger partial charge is 0.490 e. The van der Waals surface area contributed by atoms with Crippen LogP contribution < -0.4 is 15.4 Å². The Morgan fingerprint density at radius 2 is 2.09 bits per heavy atom. The molecule has 0 aliphatic carbocycles. The molecule has 1 atom stereocenters. The minimum atomic E-state index is 0.550. The molecule has 0 radical (unpaired) electrons. The maximum Gasteiger partial charge on any atom is 0.142 e. The number of benzene rings is 1. The second-order valence-corrected chi connectivity index (χ2v) is 6.25. The Bertz CT molecular complexity index is 460. The lowest BCUT2D eigenvalue weighted by Gasteiger charge is -2.22. The van der Waals surface area contributed by atoms with E-state index in [0.717, 1.165) is 57.1 Å². The monoisotopic (exact) mass is 319 g/mol. The van der Waals surface area contributed by atoms with E-state index in [2.05, 4.69) is 54.5 Å². The third-order valence-electron chi connectivity index (χ3n) is 4.67. The van der Waals surface area contributed by atoms with Crippen molar-refractivity contribution in [1.29, 1.82) is 0 Å². The molecule has 4 heteroatoms. The Balaban J connectivity index is 1.78. The maximum absolute atomic E-state index is 5.65. The second-order valence-electron chi connectivity index (χ2n) is 6.25. The Hall–Kier alpha value is -1.26. The van der Waals surface area contributed by atoms with Crippen LogP contribution in [0.1, 0.15) is 39.2 Å². The van der Waals surface area contributed by atoms with E-state index in [-0.39, 0.29) is 0 Å². The van der Waals surface area contributed by atoms with Crippen LogP contribution in [0.15, 0.2) is 18.2 Å². The van der Waals surface area contributed by atoms with Gasteiger partial charge in [-0.2, -0.15) is 0 Å². The summed E-state index contributed by atoms with van der Waals surface area (Å²) in [4.78, 5) is 2.48. The standard InChI is InChI=1S/C19H33N3O/c1-4-17(20-10-7-12-22(5-2)6-3)14-16-8-9-19-18(15-16)21-11-13-23-19/h8-9,15,17,20-21H,4-7,10-14H2,1-3H3. The molecule has 1 unspecified atom stereocenters. The first-order chi connectivity index (χ1) is 11.3. The zero-order valence-corrected chi connectivity index (χ0v) is 15.0. The maximum atomic E-state index is 5.65. The lowest BCUT2D eigenvalue weighted by molar-refractivity contribution is 0.295. The number of nitrogens with one attached hydrogen (secondary N) is 2. The van der Waals surface area contributed by atoms with Crippen molar-refractivity contribution in [2.75, 3.05) is 44.6 Å². The van der Waals surface area contributed by atoms with E-state index in [1.807, 2.05) is 0 Å². The molecule has 23 heavy (non-hydrogen) atoms. The summed E-state index contributed by atoms with van der Waals surface area (Å²) in [5.74, 6) is 0.986. The third kappa shape index (κ3) is 5.70. The summed E-state index contributed by atoms with van der Waals surface area (Å²) >= 11 is 0. The summed E-state index contributed by atoms with van der Waals surface area (Å²) in [5, 5.41) is 7.14. The lowest BCUT2D eigenvalue weighted by Crippen LogP contribution is -2.33. The molecule has 0 spiro atoms. The highest BCUT2D eigenvalue weighted by Gasteiger charge is 2.12. The third-order valence-corrected chi connectivity index (χ3v) is 4.67. The highest BCUT2D eigenvalue weighted by atomic mass is 16.5. The molecular formula is C19H33N3O. The number of rotatable bonds is 10. The number of ether oxygens (including phenoxy) is 1. The molecule has 1 aromatic rings. The van der Waals surface area contributed by atoms with Gasteiger partial charge in [0.25, 0.3) is 0 Å². The predicted molar refractivity (Wildman–Crippen MR) is 98.6 cm³/mol. The quantitative estimate of drug-likeness (QED) is 0.650. The van der Waals surface area contributed by atoms with Crippen LogP contribution in [0.2, 0.25) is 0 Å². The average Bonchev–Trinajstić information content (AvgIpc) is 2.60. The fourth-order valence-electron chi connectivity index (χ4n) is 3.11. The van der Waals surface area contributed by atoms with E-state index in [9.17, 15) is 0 Å².